The van der Waals surface area contributed by atoms with Gasteiger partial charge in [-0.3, -0.25) is 4.79 Å². The highest BCUT2D eigenvalue weighted by Gasteiger charge is 2.23. The normalized spacial score (nSPS) is 15.0. The number of nitrogens with one attached hydrogen (secondary N) is 1. The minimum Gasteiger partial charge on any atom is -0.353 e. The number of hydrogen-bond acceptors (Lipinski definition) is 4. The highest BCUT2D eigenvalue weighted by atomic mass is 16.2. The molecule has 1 N–H and O–H groups in total. The highest BCUT2D eigenvalue weighted by Crippen LogP contribution is 2.20. The molecule has 0 atom stereocenters. The SMILES string of the molecule is CC(C)c1nc2ccc(C(=O)N3CCN(c4ccccn4)CC3)cc2[nH]1. The first-order valence-electron chi connectivity index (χ1n) is 9.07. The van der Waals surface area contributed by atoms with Crippen molar-refractivity contribution in [3.8, 4) is 0 Å². The molecule has 1 saturated heterocycles. The van der Waals surface area contributed by atoms with Crippen LogP contribution in [-0.4, -0.2) is 51.9 Å². The lowest BCUT2D eigenvalue weighted by Crippen LogP contribution is -2.49. The van der Waals surface area contributed by atoms with Crippen LogP contribution in [0.3, 0.4) is 0 Å². The van der Waals surface area contributed by atoms with Crippen LogP contribution in [0.5, 0.6) is 0 Å². The topological polar surface area (TPSA) is 65.1 Å². The van der Waals surface area contributed by atoms with E-state index >= 15 is 0 Å². The van der Waals surface area contributed by atoms with Crippen LogP contribution in [-0.2, 0) is 0 Å². The molecule has 3 heterocycles. The number of amides is 1. The number of piperazine rings is 1. The van der Waals surface area contributed by atoms with E-state index in [4.69, 9.17) is 0 Å². The number of nitrogens with zero attached hydrogens (tertiary/aromatic N) is 4. The van der Waals surface area contributed by atoms with Gasteiger partial charge in [0.15, 0.2) is 0 Å². The van der Waals surface area contributed by atoms with E-state index in [2.05, 4.69) is 33.7 Å². The number of fused-ring (bicyclic) bond motifs is 1. The monoisotopic (exact) mass is 349 g/mol. The Morgan fingerprint density at radius 1 is 1.12 bits per heavy atom. The fourth-order valence-electron chi connectivity index (χ4n) is 3.30. The largest absolute Gasteiger partial charge is 0.353 e. The maximum atomic E-state index is 12.9. The minimum absolute atomic E-state index is 0.0771. The van der Waals surface area contributed by atoms with Crippen LogP contribution in [0, 0.1) is 0 Å². The van der Waals surface area contributed by atoms with Gasteiger partial charge in [-0.05, 0) is 30.3 Å². The summed E-state index contributed by atoms with van der Waals surface area (Å²) < 4.78 is 0. The lowest BCUT2D eigenvalue weighted by molar-refractivity contribution is 0.0746. The molecule has 1 amide bonds. The van der Waals surface area contributed by atoms with E-state index in [1.165, 1.54) is 0 Å². The number of pyridine rings is 1. The molecule has 1 aromatic carbocycles. The van der Waals surface area contributed by atoms with Crippen LogP contribution in [0.1, 0.15) is 35.9 Å². The molecule has 3 aromatic rings. The third kappa shape index (κ3) is 3.14. The van der Waals surface area contributed by atoms with Gasteiger partial charge in [-0.15, -0.1) is 0 Å². The van der Waals surface area contributed by atoms with E-state index in [1.54, 1.807) is 6.20 Å². The van der Waals surface area contributed by atoms with Crippen molar-refractivity contribution >= 4 is 22.8 Å². The Morgan fingerprint density at radius 3 is 2.62 bits per heavy atom. The molecule has 26 heavy (non-hydrogen) atoms. The molecule has 0 bridgehead atoms. The van der Waals surface area contributed by atoms with Crippen molar-refractivity contribution in [2.75, 3.05) is 31.1 Å². The Labute approximate surface area is 152 Å². The number of aromatic nitrogens is 3. The fraction of sp³-hybridized carbons (Fsp3) is 0.350. The molecule has 2 aromatic heterocycles. The molecule has 0 radical (unpaired) electrons. The van der Waals surface area contributed by atoms with Crippen molar-refractivity contribution in [3.63, 3.8) is 0 Å². The summed E-state index contributed by atoms with van der Waals surface area (Å²) in [6, 6.07) is 11.6. The molecule has 6 nitrogen and oxygen atoms in total. The Hall–Kier alpha value is -2.89. The zero-order chi connectivity index (χ0) is 18.1. The first-order chi connectivity index (χ1) is 12.6. The van der Waals surface area contributed by atoms with Crippen LogP contribution >= 0.6 is 0 Å². The number of carbonyl (C=O) groups is 1. The van der Waals surface area contributed by atoms with Crippen molar-refractivity contribution in [3.05, 3.63) is 54.0 Å². The van der Waals surface area contributed by atoms with Gasteiger partial charge in [-0.25, -0.2) is 9.97 Å². The Bertz CT molecular complexity index is 910. The number of carbonyl (C=O) groups excluding carboxylic acids is 1. The molecule has 0 saturated carbocycles. The maximum absolute atomic E-state index is 12.9. The molecule has 0 spiro atoms. The predicted molar refractivity (Wildman–Crippen MR) is 103 cm³/mol. The second kappa shape index (κ2) is 6.78. The van der Waals surface area contributed by atoms with Gasteiger partial charge in [0.05, 0.1) is 11.0 Å². The van der Waals surface area contributed by atoms with Crippen LogP contribution in [0.25, 0.3) is 11.0 Å². The zero-order valence-corrected chi connectivity index (χ0v) is 15.1. The first kappa shape index (κ1) is 16.6. The third-order valence-electron chi connectivity index (χ3n) is 4.83. The molecule has 1 aliphatic rings. The standard InChI is InChI=1S/C20H23N5O/c1-14(2)19-22-16-7-6-15(13-17(16)23-19)20(26)25-11-9-24(10-12-25)18-5-3-4-8-21-18/h3-8,13-14H,9-12H2,1-2H3,(H,22,23). The molecule has 4 rings (SSSR count). The summed E-state index contributed by atoms with van der Waals surface area (Å²) in [5.41, 5.74) is 2.54. The zero-order valence-electron chi connectivity index (χ0n) is 15.1. The second-order valence-electron chi connectivity index (χ2n) is 6.98. The number of imidazole rings is 1. The van der Waals surface area contributed by atoms with Crippen molar-refractivity contribution in [2.45, 2.75) is 19.8 Å². The van der Waals surface area contributed by atoms with E-state index in [0.29, 0.717) is 24.6 Å². The number of hydrogen-bond donors (Lipinski definition) is 1. The summed E-state index contributed by atoms with van der Waals surface area (Å²) in [7, 11) is 0. The average Bonchev–Trinajstić information content (AvgIpc) is 3.12. The maximum Gasteiger partial charge on any atom is 0.254 e. The third-order valence-corrected chi connectivity index (χ3v) is 4.83. The fourth-order valence-corrected chi connectivity index (χ4v) is 3.30. The highest BCUT2D eigenvalue weighted by molar-refractivity contribution is 5.97. The summed E-state index contributed by atoms with van der Waals surface area (Å²) in [4.78, 5) is 29.3. The molecule has 0 aliphatic carbocycles. The van der Waals surface area contributed by atoms with Gasteiger partial charge in [-0.2, -0.15) is 0 Å². The van der Waals surface area contributed by atoms with Crippen molar-refractivity contribution in [2.24, 2.45) is 0 Å². The number of anilines is 1. The van der Waals surface area contributed by atoms with Crippen molar-refractivity contribution in [1.82, 2.24) is 19.9 Å². The smallest absolute Gasteiger partial charge is 0.254 e. The summed E-state index contributed by atoms with van der Waals surface area (Å²) in [6.45, 7) is 7.20. The molecule has 1 fully saturated rings. The van der Waals surface area contributed by atoms with Crippen molar-refractivity contribution in [1.29, 1.82) is 0 Å². The lowest BCUT2D eigenvalue weighted by Gasteiger charge is -2.35. The Morgan fingerprint density at radius 2 is 1.92 bits per heavy atom. The van der Waals surface area contributed by atoms with Gasteiger partial charge in [-0.1, -0.05) is 19.9 Å². The molecular formula is C20H23N5O. The molecular weight excluding hydrogens is 326 g/mol. The number of benzene rings is 1. The Balaban J connectivity index is 1.47. The predicted octanol–water partition coefficient (Wildman–Crippen LogP) is 3.04. The van der Waals surface area contributed by atoms with Gasteiger partial charge in [0.25, 0.3) is 5.91 Å². The Kier molecular flexibility index (Phi) is 4.32. The van der Waals surface area contributed by atoms with Gasteiger partial charge < -0.3 is 14.8 Å². The minimum atomic E-state index is 0.0771. The van der Waals surface area contributed by atoms with Crippen LogP contribution in [0.4, 0.5) is 5.82 Å². The van der Waals surface area contributed by atoms with Gasteiger partial charge in [0, 0.05) is 43.9 Å². The van der Waals surface area contributed by atoms with Gasteiger partial charge >= 0.3 is 0 Å². The van der Waals surface area contributed by atoms with Gasteiger partial charge in [0.2, 0.25) is 0 Å². The van der Waals surface area contributed by atoms with E-state index < -0.39 is 0 Å². The van der Waals surface area contributed by atoms with E-state index in [0.717, 1.165) is 35.8 Å². The summed E-state index contributed by atoms with van der Waals surface area (Å²) in [5, 5.41) is 0. The average molecular weight is 349 g/mol. The molecule has 1 aliphatic heterocycles. The number of rotatable bonds is 3. The van der Waals surface area contributed by atoms with Crippen LogP contribution < -0.4 is 4.90 Å². The van der Waals surface area contributed by atoms with Crippen molar-refractivity contribution < 1.29 is 4.79 Å². The van der Waals surface area contributed by atoms with E-state index in [1.807, 2.05) is 41.3 Å². The van der Waals surface area contributed by atoms with E-state index in [9.17, 15) is 4.79 Å². The molecule has 6 heteroatoms. The van der Waals surface area contributed by atoms with Crippen LogP contribution in [0.15, 0.2) is 42.6 Å². The summed E-state index contributed by atoms with van der Waals surface area (Å²) in [6.07, 6.45) is 1.80. The quantitative estimate of drug-likeness (QED) is 0.789. The lowest BCUT2D eigenvalue weighted by atomic mass is 10.1. The molecule has 134 valence electrons. The summed E-state index contributed by atoms with van der Waals surface area (Å²) in [5.74, 6) is 2.34. The summed E-state index contributed by atoms with van der Waals surface area (Å²) >= 11 is 0. The number of H-pyrrole nitrogens is 1. The first-order valence-corrected chi connectivity index (χ1v) is 9.07. The number of aromatic amines is 1. The second-order valence-corrected chi connectivity index (χ2v) is 6.98. The van der Waals surface area contributed by atoms with Gasteiger partial charge in [0.1, 0.15) is 11.6 Å². The molecule has 0 unspecified atom stereocenters. The van der Waals surface area contributed by atoms with Crippen LogP contribution in [0.2, 0.25) is 0 Å². The van der Waals surface area contributed by atoms with E-state index in [-0.39, 0.29) is 5.91 Å².